The molecule has 0 spiro atoms. The van der Waals surface area contributed by atoms with E-state index in [1.165, 1.54) is 5.56 Å². The van der Waals surface area contributed by atoms with E-state index in [9.17, 15) is 0 Å². The van der Waals surface area contributed by atoms with Gasteiger partial charge >= 0.3 is 29.6 Å². The number of hydrogen-bond acceptors (Lipinski definition) is 0. The Balaban J connectivity index is -0.000000163. The van der Waals surface area contributed by atoms with Crippen LogP contribution in [0.25, 0.3) is 0 Å². The molecule has 0 aliphatic carbocycles. The second-order valence-corrected chi connectivity index (χ2v) is 1.65. The topological polar surface area (TPSA) is 0 Å². The minimum atomic E-state index is 0. The van der Waals surface area contributed by atoms with Gasteiger partial charge in [0.05, 0.1) is 0 Å². The Morgan fingerprint density at radius 1 is 1.11 bits per heavy atom. The molecular weight excluding hydrogens is 134 g/mol. The number of benzene rings is 1. The van der Waals surface area contributed by atoms with Crippen molar-refractivity contribution in [2.24, 2.45) is 0 Å². The molecule has 0 aliphatic heterocycles. The molecule has 1 rings (SSSR count). The minimum absolute atomic E-state index is 0. The molecule has 1 aromatic rings. The van der Waals surface area contributed by atoms with Crippen LogP contribution in [-0.4, -0.2) is 46.9 Å². The average Bonchev–Trinajstić information content (AvgIpc) is 1.69. The molecule has 0 saturated heterocycles. The van der Waals surface area contributed by atoms with Gasteiger partial charge in [-0.15, -0.1) is 0 Å². The third-order valence-electron chi connectivity index (χ3n) is 0.940. The zero-order chi connectivity index (χ0) is 5.11. The molecular formula is C7H14AlNa. The molecule has 0 aliphatic rings. The molecule has 2 heteroatoms. The molecule has 0 unspecified atom stereocenters. The van der Waals surface area contributed by atoms with E-state index < -0.39 is 0 Å². The third kappa shape index (κ3) is 5.21. The van der Waals surface area contributed by atoms with E-state index in [0.717, 1.165) is 0 Å². The molecule has 9 heavy (non-hydrogen) atoms. The molecule has 46 valence electrons. The third-order valence-corrected chi connectivity index (χ3v) is 0.940. The zero-order valence-corrected chi connectivity index (χ0v) is 4.39. The first-order chi connectivity index (χ1) is 3.39. The number of hydrogen-bond donors (Lipinski definition) is 0. The van der Waals surface area contributed by atoms with Crippen LogP contribution in [-0.2, 0) is 0 Å². The molecule has 0 fully saturated rings. The summed E-state index contributed by atoms with van der Waals surface area (Å²) in [4.78, 5) is 0. The van der Waals surface area contributed by atoms with Gasteiger partial charge in [0.25, 0.3) is 0 Å². The Labute approximate surface area is 90.6 Å². The van der Waals surface area contributed by atoms with Gasteiger partial charge in [-0.05, 0) is 6.92 Å². The maximum absolute atomic E-state index is 2.08. The summed E-state index contributed by atoms with van der Waals surface area (Å²) in [6, 6.07) is 10.3. The first kappa shape index (κ1) is 12.4. The van der Waals surface area contributed by atoms with Gasteiger partial charge in [0.2, 0.25) is 0 Å². The van der Waals surface area contributed by atoms with Crippen molar-refractivity contribution < 1.29 is 1.43 Å². The van der Waals surface area contributed by atoms with Crippen molar-refractivity contribution in [1.82, 2.24) is 0 Å². The standard InChI is InChI=1S/C7H8.Al.Na.H2.4H/c1-7-5-3-2-4-6-7;;;;;;;/h2-6H,1H3;;;1H;;;;. The van der Waals surface area contributed by atoms with E-state index >= 15 is 0 Å². The van der Waals surface area contributed by atoms with E-state index in [1.807, 2.05) is 18.2 Å². The molecule has 1 aromatic carbocycles. The predicted molar refractivity (Wildman–Crippen MR) is 50.4 cm³/mol. The van der Waals surface area contributed by atoms with E-state index in [1.54, 1.807) is 0 Å². The molecule has 0 amide bonds. The van der Waals surface area contributed by atoms with Crippen LogP contribution in [0.2, 0.25) is 0 Å². The summed E-state index contributed by atoms with van der Waals surface area (Å²) < 4.78 is 0. The summed E-state index contributed by atoms with van der Waals surface area (Å²) in [6.45, 7) is 2.08. The first-order valence-corrected chi connectivity index (χ1v) is 2.41. The monoisotopic (exact) mass is 148 g/mol. The Kier molecular flexibility index (Phi) is 9.48. The van der Waals surface area contributed by atoms with Crippen molar-refractivity contribution >= 4 is 46.9 Å². The van der Waals surface area contributed by atoms with Gasteiger partial charge in [0.1, 0.15) is 0 Å². The van der Waals surface area contributed by atoms with Crippen molar-refractivity contribution in [3.8, 4) is 0 Å². The summed E-state index contributed by atoms with van der Waals surface area (Å²) in [7, 11) is 0. The second kappa shape index (κ2) is 6.87. The molecule has 0 aromatic heterocycles. The van der Waals surface area contributed by atoms with Crippen molar-refractivity contribution in [3.05, 3.63) is 35.9 Å². The summed E-state index contributed by atoms with van der Waals surface area (Å²) in [6.07, 6.45) is 0. The fraction of sp³-hybridized carbons (Fsp3) is 0.143. The molecule has 0 saturated carbocycles. The van der Waals surface area contributed by atoms with Gasteiger partial charge in [-0.25, -0.2) is 0 Å². The SMILES string of the molecule is Cc1ccccc1.[AlH3].[HH].[NaH]. The van der Waals surface area contributed by atoms with Crippen molar-refractivity contribution in [2.75, 3.05) is 0 Å². The molecule has 0 bridgehead atoms. The normalized spacial score (nSPS) is 6.78. The van der Waals surface area contributed by atoms with Gasteiger partial charge < -0.3 is 0 Å². The summed E-state index contributed by atoms with van der Waals surface area (Å²) >= 11 is 0. The summed E-state index contributed by atoms with van der Waals surface area (Å²) in [5.74, 6) is 0. The van der Waals surface area contributed by atoms with Gasteiger partial charge in [-0.3, -0.25) is 0 Å². The molecule has 0 atom stereocenters. The average molecular weight is 148 g/mol. The maximum atomic E-state index is 2.08. The number of aryl methyl sites for hydroxylation is 1. The predicted octanol–water partition coefficient (Wildman–Crippen LogP) is 0.409. The van der Waals surface area contributed by atoms with Crippen LogP contribution in [0.4, 0.5) is 0 Å². The van der Waals surface area contributed by atoms with Crippen LogP contribution >= 0.6 is 0 Å². The Morgan fingerprint density at radius 3 is 1.78 bits per heavy atom. The molecule has 0 radical (unpaired) electrons. The van der Waals surface area contributed by atoms with E-state index in [-0.39, 0.29) is 48.3 Å². The fourth-order valence-corrected chi connectivity index (χ4v) is 0.534. The first-order valence-electron chi connectivity index (χ1n) is 2.41. The Morgan fingerprint density at radius 2 is 1.56 bits per heavy atom. The molecule has 0 nitrogen and oxygen atoms in total. The van der Waals surface area contributed by atoms with E-state index in [4.69, 9.17) is 0 Å². The van der Waals surface area contributed by atoms with Crippen molar-refractivity contribution in [1.29, 1.82) is 0 Å². The van der Waals surface area contributed by atoms with Crippen LogP contribution in [0, 0.1) is 6.92 Å². The van der Waals surface area contributed by atoms with Crippen molar-refractivity contribution in [2.45, 2.75) is 6.92 Å². The van der Waals surface area contributed by atoms with E-state index in [0.29, 0.717) is 0 Å². The van der Waals surface area contributed by atoms with E-state index in [2.05, 4.69) is 19.1 Å². The van der Waals surface area contributed by atoms with Crippen LogP contribution in [0.5, 0.6) is 0 Å². The second-order valence-electron chi connectivity index (χ2n) is 1.65. The molecule has 0 heterocycles. The Hall–Kier alpha value is 0.752. The summed E-state index contributed by atoms with van der Waals surface area (Å²) in [5, 5.41) is 0. The van der Waals surface area contributed by atoms with Crippen LogP contribution in [0.15, 0.2) is 30.3 Å². The van der Waals surface area contributed by atoms with Crippen LogP contribution in [0.3, 0.4) is 0 Å². The Bertz CT molecular complexity index is 144. The zero-order valence-electron chi connectivity index (χ0n) is 4.39. The van der Waals surface area contributed by atoms with Crippen LogP contribution in [0.1, 0.15) is 6.99 Å². The molecule has 0 N–H and O–H groups in total. The van der Waals surface area contributed by atoms with Gasteiger partial charge in [0, 0.05) is 1.43 Å². The van der Waals surface area contributed by atoms with Gasteiger partial charge in [-0.2, -0.15) is 0 Å². The van der Waals surface area contributed by atoms with Crippen molar-refractivity contribution in [3.63, 3.8) is 0 Å². The van der Waals surface area contributed by atoms with Gasteiger partial charge in [-0.1, -0.05) is 35.9 Å². The van der Waals surface area contributed by atoms with Gasteiger partial charge in [0.15, 0.2) is 17.4 Å². The summed E-state index contributed by atoms with van der Waals surface area (Å²) in [5.41, 5.74) is 1.32. The van der Waals surface area contributed by atoms with Crippen LogP contribution < -0.4 is 0 Å². The quantitative estimate of drug-likeness (QED) is 0.467. The number of rotatable bonds is 0. The fourth-order valence-electron chi connectivity index (χ4n) is 0.534.